The fourth-order valence-electron chi connectivity index (χ4n) is 0.611. The minimum Gasteiger partial charge on any atom is -0.444 e. The van der Waals surface area contributed by atoms with Crippen molar-refractivity contribution in [3.8, 4) is 0 Å². The van der Waals surface area contributed by atoms with E-state index in [-0.39, 0.29) is 0 Å². The summed E-state index contributed by atoms with van der Waals surface area (Å²) in [7, 11) is 1.49. The van der Waals surface area contributed by atoms with Crippen LogP contribution in [0.5, 0.6) is 0 Å². The number of ether oxygens (including phenoxy) is 1. The van der Waals surface area contributed by atoms with Gasteiger partial charge in [-0.3, -0.25) is 4.90 Å². The van der Waals surface area contributed by atoms with Crippen LogP contribution in [0.25, 0.3) is 0 Å². The average molecular weight is 205 g/mol. The largest absolute Gasteiger partial charge is 0.444 e. The van der Waals surface area contributed by atoms with Crippen molar-refractivity contribution in [1.29, 1.82) is 0 Å². The number of rotatable bonds is 2. The first kappa shape index (κ1) is 13.2. The van der Waals surface area contributed by atoms with Crippen molar-refractivity contribution in [2.45, 2.75) is 45.9 Å². The van der Waals surface area contributed by atoms with Gasteiger partial charge in [-0.2, -0.15) is 0 Å². The quantitative estimate of drug-likeness (QED) is 0.426. The van der Waals surface area contributed by atoms with E-state index in [2.05, 4.69) is 4.89 Å². The van der Waals surface area contributed by atoms with Gasteiger partial charge in [-0.25, -0.2) is 14.9 Å². The topological polar surface area (TPSA) is 59.0 Å². The van der Waals surface area contributed by atoms with Gasteiger partial charge in [0.05, 0.1) is 0 Å². The van der Waals surface area contributed by atoms with Crippen molar-refractivity contribution < 1.29 is 19.7 Å². The van der Waals surface area contributed by atoms with Crippen LogP contribution in [0.1, 0.15) is 34.6 Å². The van der Waals surface area contributed by atoms with Crippen molar-refractivity contribution in [2.75, 3.05) is 7.05 Å². The zero-order chi connectivity index (χ0) is 11.6. The Balaban J connectivity index is 4.41. The van der Waals surface area contributed by atoms with Gasteiger partial charge >= 0.3 is 6.09 Å². The van der Waals surface area contributed by atoms with E-state index in [0.29, 0.717) is 0 Å². The molecule has 5 nitrogen and oxygen atoms in total. The molecule has 0 fully saturated rings. The highest BCUT2D eigenvalue weighted by Gasteiger charge is 2.32. The average Bonchev–Trinajstić information content (AvgIpc) is 2.00. The fourth-order valence-corrected chi connectivity index (χ4v) is 0.611. The third-order valence-corrected chi connectivity index (χ3v) is 1.70. The Kier molecular flexibility index (Phi) is 3.91. The molecule has 0 rings (SSSR count). The molecule has 1 amide bonds. The molecule has 0 atom stereocenters. The van der Waals surface area contributed by atoms with Gasteiger partial charge in [-0.1, -0.05) is 0 Å². The Hall–Kier alpha value is -0.810. The van der Waals surface area contributed by atoms with Gasteiger partial charge in [-0.05, 0) is 34.6 Å². The molecular weight excluding hydrogens is 186 g/mol. The highest BCUT2D eigenvalue weighted by Crippen LogP contribution is 2.17. The summed E-state index contributed by atoms with van der Waals surface area (Å²) in [5, 5.41) is 8.56. The fraction of sp³-hybridized carbons (Fsp3) is 0.889. The summed E-state index contributed by atoms with van der Waals surface area (Å²) in [5.41, 5.74) is -1.65. The molecule has 0 aliphatic carbocycles. The molecule has 0 saturated heterocycles. The first-order chi connectivity index (χ1) is 6.10. The maximum Gasteiger partial charge on any atom is 0.412 e. The minimum absolute atomic E-state index is 0.545. The van der Waals surface area contributed by atoms with Crippen LogP contribution in [0.3, 0.4) is 0 Å². The van der Waals surface area contributed by atoms with E-state index in [1.54, 1.807) is 34.6 Å². The van der Waals surface area contributed by atoms with E-state index in [1.165, 1.54) is 11.9 Å². The lowest BCUT2D eigenvalue weighted by molar-refractivity contribution is -0.344. The molecule has 1 N–H and O–H groups in total. The monoisotopic (exact) mass is 205 g/mol. The van der Waals surface area contributed by atoms with Crippen LogP contribution in [-0.2, 0) is 9.62 Å². The van der Waals surface area contributed by atoms with Crippen LogP contribution >= 0.6 is 0 Å². The number of carbonyl (C=O) groups excluding carboxylic acids is 1. The predicted octanol–water partition coefficient (Wildman–Crippen LogP) is 2.08. The number of hydrogen-bond donors (Lipinski definition) is 1. The van der Waals surface area contributed by atoms with Gasteiger partial charge in [-0.15, -0.1) is 0 Å². The SMILES string of the molecule is CN(C(=O)OC(C)(C)C)C(C)(C)OO. The molecule has 0 aliphatic heterocycles. The highest BCUT2D eigenvalue weighted by atomic mass is 17.1. The second-order valence-corrected chi connectivity index (χ2v) is 4.58. The highest BCUT2D eigenvalue weighted by molar-refractivity contribution is 5.68. The molecule has 84 valence electrons. The molecule has 0 aromatic rings. The van der Waals surface area contributed by atoms with Crippen LogP contribution in [0.15, 0.2) is 0 Å². The van der Waals surface area contributed by atoms with Crippen molar-refractivity contribution in [3.63, 3.8) is 0 Å². The molecule has 0 aromatic heterocycles. The molecular formula is C9H19NO4. The summed E-state index contributed by atoms with van der Waals surface area (Å²) >= 11 is 0. The van der Waals surface area contributed by atoms with Gasteiger partial charge in [0.15, 0.2) is 5.72 Å². The summed E-state index contributed by atoms with van der Waals surface area (Å²) in [4.78, 5) is 16.8. The standard InChI is InChI=1S/C9H19NO4/c1-8(2,3)13-7(11)10(6)9(4,5)14-12/h12H,1-6H3. The van der Waals surface area contributed by atoms with Crippen LogP contribution < -0.4 is 0 Å². The van der Waals surface area contributed by atoms with Crippen molar-refractivity contribution in [1.82, 2.24) is 4.90 Å². The smallest absolute Gasteiger partial charge is 0.412 e. The number of carbonyl (C=O) groups is 1. The lowest BCUT2D eigenvalue weighted by Crippen LogP contribution is -2.48. The van der Waals surface area contributed by atoms with Crippen molar-refractivity contribution in [2.24, 2.45) is 0 Å². The predicted molar refractivity (Wildman–Crippen MR) is 51.8 cm³/mol. The second kappa shape index (κ2) is 4.14. The van der Waals surface area contributed by atoms with Crippen LogP contribution in [-0.4, -0.2) is 34.6 Å². The summed E-state index contributed by atoms with van der Waals surface area (Å²) in [6, 6.07) is 0. The Morgan fingerprint density at radius 1 is 1.21 bits per heavy atom. The molecule has 0 aliphatic rings. The Bertz CT molecular complexity index is 207. The molecule has 0 aromatic carbocycles. The molecule has 0 radical (unpaired) electrons. The molecule has 14 heavy (non-hydrogen) atoms. The number of amides is 1. The molecule has 0 heterocycles. The first-order valence-electron chi connectivity index (χ1n) is 4.39. The lowest BCUT2D eigenvalue weighted by Gasteiger charge is -2.33. The lowest BCUT2D eigenvalue weighted by atomic mass is 10.2. The Labute approximate surface area is 84.5 Å². The van der Waals surface area contributed by atoms with E-state index in [9.17, 15) is 4.79 Å². The normalized spacial score (nSPS) is 12.5. The number of nitrogens with zero attached hydrogens (tertiary/aromatic N) is 1. The third kappa shape index (κ3) is 3.93. The van der Waals surface area contributed by atoms with Gasteiger partial charge in [0.1, 0.15) is 5.60 Å². The van der Waals surface area contributed by atoms with E-state index in [0.717, 1.165) is 0 Å². The second-order valence-electron chi connectivity index (χ2n) is 4.58. The molecule has 0 unspecified atom stereocenters. The first-order valence-corrected chi connectivity index (χ1v) is 4.39. The molecule has 0 bridgehead atoms. The van der Waals surface area contributed by atoms with Gasteiger partial charge < -0.3 is 4.74 Å². The summed E-state index contributed by atoms with van der Waals surface area (Å²) in [6.45, 7) is 8.41. The summed E-state index contributed by atoms with van der Waals surface area (Å²) in [5.74, 6) is 0. The minimum atomic E-state index is -1.09. The number of hydrogen-bond acceptors (Lipinski definition) is 4. The zero-order valence-corrected chi connectivity index (χ0v) is 9.62. The van der Waals surface area contributed by atoms with E-state index in [4.69, 9.17) is 9.99 Å². The van der Waals surface area contributed by atoms with Gasteiger partial charge in [0, 0.05) is 7.05 Å². The van der Waals surface area contributed by atoms with Crippen LogP contribution in [0.2, 0.25) is 0 Å². The Morgan fingerprint density at radius 2 is 1.64 bits per heavy atom. The van der Waals surface area contributed by atoms with Gasteiger partial charge in [0.25, 0.3) is 0 Å². The zero-order valence-electron chi connectivity index (χ0n) is 9.62. The van der Waals surface area contributed by atoms with E-state index in [1.807, 2.05) is 0 Å². The third-order valence-electron chi connectivity index (χ3n) is 1.70. The van der Waals surface area contributed by atoms with Gasteiger partial charge in [0.2, 0.25) is 0 Å². The van der Waals surface area contributed by atoms with Crippen LogP contribution in [0, 0.1) is 0 Å². The maximum atomic E-state index is 11.5. The van der Waals surface area contributed by atoms with E-state index >= 15 is 0 Å². The Morgan fingerprint density at radius 3 is 1.93 bits per heavy atom. The van der Waals surface area contributed by atoms with E-state index < -0.39 is 17.4 Å². The molecule has 0 spiro atoms. The summed E-state index contributed by atoms with van der Waals surface area (Å²) < 4.78 is 5.08. The van der Waals surface area contributed by atoms with Crippen molar-refractivity contribution >= 4 is 6.09 Å². The maximum absolute atomic E-state index is 11.5. The van der Waals surface area contributed by atoms with Crippen molar-refractivity contribution in [3.05, 3.63) is 0 Å². The van der Waals surface area contributed by atoms with Crippen LogP contribution in [0.4, 0.5) is 4.79 Å². The molecule has 5 heteroatoms. The summed E-state index contributed by atoms with van der Waals surface area (Å²) in [6.07, 6.45) is -0.545. The molecule has 0 saturated carbocycles.